The molecular weight excluding hydrogens is 1110 g/mol. The number of ether oxygens (including phenoxy) is 3. The van der Waals surface area contributed by atoms with Crippen LogP contribution >= 0.6 is 11.3 Å². The number of amides is 6. The second kappa shape index (κ2) is 28.4. The molecule has 19 heteroatoms. The zero-order valence-electron chi connectivity index (χ0n) is 50.3. The van der Waals surface area contributed by atoms with Gasteiger partial charge in [0.1, 0.15) is 47.5 Å². The third kappa shape index (κ3) is 14.4. The standard InChI is InChI=1S/C67H84N8O10S/c1-41(2)60(75-37-48-21-11-13-26-54(48)65(75)80)67(82)73-38-49(76)33-56(73)63(78)69-36-47-29-28-46(61-42(3)70-40-86-61)32-58(47)84-31-15-7-14-30-83-50-23-17-24-51(34-50)85-52-35-57(64(79)71-55-27-16-22-44-18-10-12-25-53(44)55)74(39-52)66(81)59(45-19-8-6-9-20-45)72-62(77)43(4)68-5/h10-13,17-18,21,23-26,28-29,32,34,40-41,43,45,49,52,55-57,59-60,68,76H,6-9,14-16,19-20,22,27,30-31,33,35-39H2,1-5H3,(H,69,78)(H,71,79)(H,72,77)/t43-,49+,52-,55+,56-,57-,59-,60-/m0/s1. The second-order valence-electron chi connectivity index (χ2n) is 24.2. The lowest BCUT2D eigenvalue weighted by Crippen LogP contribution is -2.58. The van der Waals surface area contributed by atoms with Crippen molar-refractivity contribution in [3.05, 3.63) is 130 Å². The summed E-state index contributed by atoms with van der Waals surface area (Å²) in [6.45, 7) is 8.95. The van der Waals surface area contributed by atoms with E-state index in [1.54, 1.807) is 29.8 Å². The highest BCUT2D eigenvalue weighted by Gasteiger charge is 2.48. The first-order valence-electron chi connectivity index (χ1n) is 31.0. The lowest BCUT2D eigenvalue weighted by Gasteiger charge is -2.35. The Kier molecular flexibility index (Phi) is 20.4. The van der Waals surface area contributed by atoms with Gasteiger partial charge >= 0.3 is 0 Å². The highest BCUT2D eigenvalue weighted by molar-refractivity contribution is 7.13. The minimum atomic E-state index is -0.924. The minimum Gasteiger partial charge on any atom is -0.493 e. The quantitative estimate of drug-likeness (QED) is 0.0369. The number of thiazole rings is 1. The molecule has 4 aromatic carbocycles. The molecule has 10 rings (SSSR count). The maximum atomic E-state index is 14.9. The number of aromatic nitrogens is 1. The molecule has 18 nitrogen and oxygen atoms in total. The summed E-state index contributed by atoms with van der Waals surface area (Å²) in [5, 5.41) is 23.3. The fourth-order valence-electron chi connectivity index (χ4n) is 13.2. The molecular formula is C67H84N8O10S. The number of nitrogens with zero attached hydrogens (tertiary/aromatic N) is 4. The predicted octanol–water partition coefficient (Wildman–Crippen LogP) is 8.22. The van der Waals surface area contributed by atoms with Crippen molar-refractivity contribution in [3.8, 4) is 27.7 Å². The molecule has 5 aliphatic rings. The van der Waals surface area contributed by atoms with Crippen LogP contribution in [0.1, 0.15) is 142 Å². The molecule has 1 aromatic heterocycles. The molecule has 4 heterocycles. The van der Waals surface area contributed by atoms with Crippen LogP contribution in [-0.2, 0) is 43.5 Å². The molecule has 8 atom stereocenters. The van der Waals surface area contributed by atoms with Crippen LogP contribution in [0.3, 0.4) is 0 Å². The predicted molar refractivity (Wildman–Crippen MR) is 328 cm³/mol. The number of likely N-dealkylation sites (N-methyl/N-ethyl adjacent to an activating group) is 1. The lowest BCUT2D eigenvalue weighted by molar-refractivity contribution is -0.143. The van der Waals surface area contributed by atoms with Crippen molar-refractivity contribution in [2.75, 3.05) is 33.4 Å². The summed E-state index contributed by atoms with van der Waals surface area (Å²) >= 11 is 1.54. The molecule has 2 saturated heterocycles. The number of fused-ring (bicyclic) bond motifs is 2. The van der Waals surface area contributed by atoms with Gasteiger partial charge in [0.25, 0.3) is 5.91 Å². The van der Waals surface area contributed by atoms with Crippen LogP contribution in [0.5, 0.6) is 17.2 Å². The normalized spacial score (nSPS) is 21.3. The number of nitrogens with one attached hydrogen (secondary N) is 4. The van der Waals surface area contributed by atoms with Crippen LogP contribution in [0.2, 0.25) is 0 Å². The van der Waals surface area contributed by atoms with E-state index < -0.39 is 48.3 Å². The number of carbonyl (C=O) groups is 6. The van der Waals surface area contributed by atoms with Crippen LogP contribution in [0.25, 0.3) is 10.4 Å². The van der Waals surface area contributed by atoms with Crippen LogP contribution in [-0.4, -0.2) is 136 Å². The van der Waals surface area contributed by atoms with Crippen molar-refractivity contribution >= 4 is 46.8 Å². The minimum absolute atomic E-state index is 0.00960. The van der Waals surface area contributed by atoms with Crippen LogP contribution in [0.4, 0.5) is 0 Å². The van der Waals surface area contributed by atoms with Crippen LogP contribution < -0.4 is 35.5 Å². The molecule has 5 N–H and O–H groups in total. The summed E-state index contributed by atoms with van der Waals surface area (Å²) in [7, 11) is 1.72. The van der Waals surface area contributed by atoms with Gasteiger partial charge in [0.2, 0.25) is 29.5 Å². The molecule has 86 heavy (non-hydrogen) atoms. The number of carbonyl (C=O) groups excluding carboxylic acids is 6. The van der Waals surface area contributed by atoms with Gasteiger partial charge in [-0.05, 0) is 131 Å². The number of rotatable bonds is 24. The Bertz CT molecular complexity index is 3220. The van der Waals surface area contributed by atoms with E-state index in [9.17, 15) is 33.9 Å². The molecule has 1 saturated carbocycles. The summed E-state index contributed by atoms with van der Waals surface area (Å²) in [6, 6.07) is 24.9. The van der Waals surface area contributed by atoms with E-state index >= 15 is 0 Å². The number of benzene rings is 4. The summed E-state index contributed by atoms with van der Waals surface area (Å²) in [4.78, 5) is 95.0. The third-order valence-corrected chi connectivity index (χ3v) is 18.9. The topological polar surface area (TPSA) is 221 Å². The monoisotopic (exact) mass is 1190 g/mol. The number of unbranched alkanes of at least 4 members (excludes halogenated alkanes) is 2. The number of likely N-dealkylation sites (tertiary alicyclic amines) is 2. The Balaban J connectivity index is 0.742. The number of aliphatic hydroxyl groups excluding tert-OH is 1. The zero-order valence-corrected chi connectivity index (χ0v) is 51.1. The zero-order chi connectivity index (χ0) is 60.4. The fraction of sp³-hybridized carbons (Fsp3) is 0.507. The van der Waals surface area contributed by atoms with E-state index in [0.717, 1.165) is 103 Å². The van der Waals surface area contributed by atoms with Crippen LogP contribution in [0, 0.1) is 18.8 Å². The number of β-amino-alcohol motifs (C(OH)–C–C–N with tert-alkyl or cyclic N) is 1. The molecule has 458 valence electrons. The second-order valence-corrected chi connectivity index (χ2v) is 25.1. The molecule has 0 unspecified atom stereocenters. The number of aryl methyl sites for hydroxylation is 2. The van der Waals surface area contributed by atoms with E-state index in [-0.39, 0.29) is 79.9 Å². The van der Waals surface area contributed by atoms with Gasteiger partial charge in [-0.25, -0.2) is 4.98 Å². The average Bonchev–Trinajstić information content (AvgIpc) is 2.13. The summed E-state index contributed by atoms with van der Waals surface area (Å²) in [5.41, 5.74) is 8.17. The molecule has 6 amide bonds. The van der Waals surface area contributed by atoms with Gasteiger partial charge in [-0.3, -0.25) is 28.8 Å². The molecule has 0 radical (unpaired) electrons. The molecule has 0 bridgehead atoms. The summed E-state index contributed by atoms with van der Waals surface area (Å²) in [6.07, 6.45) is 8.65. The largest absolute Gasteiger partial charge is 0.493 e. The van der Waals surface area contributed by atoms with E-state index in [2.05, 4.69) is 38.4 Å². The Morgan fingerprint density at radius 1 is 0.767 bits per heavy atom. The molecule has 2 aliphatic carbocycles. The van der Waals surface area contributed by atoms with Crippen molar-refractivity contribution in [1.29, 1.82) is 0 Å². The van der Waals surface area contributed by atoms with Gasteiger partial charge in [-0.15, -0.1) is 11.3 Å². The first kappa shape index (κ1) is 61.7. The van der Waals surface area contributed by atoms with Crippen molar-refractivity contribution < 1.29 is 48.1 Å². The number of aliphatic hydroxyl groups is 1. The number of hydrogen-bond acceptors (Lipinski definition) is 13. The highest BCUT2D eigenvalue weighted by atomic mass is 32.1. The Morgan fingerprint density at radius 2 is 1.50 bits per heavy atom. The number of hydrogen-bond donors (Lipinski definition) is 5. The Morgan fingerprint density at radius 3 is 2.26 bits per heavy atom. The van der Waals surface area contributed by atoms with Gasteiger partial charge in [0, 0.05) is 49.7 Å². The summed E-state index contributed by atoms with van der Waals surface area (Å²) < 4.78 is 19.4. The maximum Gasteiger partial charge on any atom is 0.255 e. The van der Waals surface area contributed by atoms with Gasteiger partial charge < -0.3 is 55.3 Å². The highest BCUT2D eigenvalue weighted by Crippen LogP contribution is 2.36. The van der Waals surface area contributed by atoms with Gasteiger partial charge in [-0.1, -0.05) is 93.8 Å². The van der Waals surface area contributed by atoms with Gasteiger partial charge in [0.15, 0.2) is 0 Å². The maximum absolute atomic E-state index is 14.9. The van der Waals surface area contributed by atoms with Crippen molar-refractivity contribution in [2.24, 2.45) is 11.8 Å². The average molecular weight is 1190 g/mol. The Hall–Kier alpha value is -7.35. The van der Waals surface area contributed by atoms with E-state index in [1.807, 2.05) is 99.1 Å². The third-order valence-electron chi connectivity index (χ3n) is 17.9. The van der Waals surface area contributed by atoms with Crippen molar-refractivity contribution in [2.45, 2.75) is 173 Å². The van der Waals surface area contributed by atoms with Crippen molar-refractivity contribution in [1.82, 2.24) is 41.0 Å². The smallest absolute Gasteiger partial charge is 0.255 e. The van der Waals surface area contributed by atoms with E-state index in [4.69, 9.17) is 14.2 Å². The SMILES string of the molecule is CN[C@@H](C)C(=O)N[C@H](C(=O)N1C[C@@H](Oc2cccc(OCCCCCOc3cc(-c4scnc4C)ccc3CNC(=O)[C@@H]3C[C@@H](O)CN3C(=O)[C@H](C(C)C)N3Cc4ccccc4C3=O)c2)C[C@H]1C(=O)N[C@@H]1CCCc2ccccc21)C1CCCCC1. The van der Waals surface area contributed by atoms with Gasteiger partial charge in [-0.2, -0.15) is 0 Å². The molecule has 3 aliphatic heterocycles. The molecule has 0 spiro atoms. The molecule has 3 fully saturated rings. The van der Waals surface area contributed by atoms with Crippen molar-refractivity contribution in [3.63, 3.8) is 0 Å². The van der Waals surface area contributed by atoms with E-state index in [0.29, 0.717) is 42.6 Å². The summed E-state index contributed by atoms with van der Waals surface area (Å²) in [5.74, 6) is -0.172. The lowest BCUT2D eigenvalue weighted by atomic mass is 9.83. The first-order valence-corrected chi connectivity index (χ1v) is 31.9. The van der Waals surface area contributed by atoms with Crippen LogP contribution in [0.15, 0.2) is 96.5 Å². The van der Waals surface area contributed by atoms with E-state index in [1.165, 1.54) is 21.8 Å². The van der Waals surface area contributed by atoms with Gasteiger partial charge in [0.05, 0.1) is 54.0 Å². The Labute approximate surface area is 509 Å². The fourth-order valence-corrected chi connectivity index (χ4v) is 14.0. The first-order chi connectivity index (χ1) is 41.6. The molecule has 5 aromatic rings.